The van der Waals surface area contributed by atoms with Gasteiger partial charge in [-0.05, 0) is 32.1 Å². The summed E-state index contributed by atoms with van der Waals surface area (Å²) in [4.78, 5) is 18.8. The highest BCUT2D eigenvalue weighted by Gasteiger charge is 2.32. The summed E-state index contributed by atoms with van der Waals surface area (Å²) >= 11 is 0. The Morgan fingerprint density at radius 2 is 2.00 bits per heavy atom. The van der Waals surface area contributed by atoms with Crippen molar-refractivity contribution >= 4 is 35.8 Å². The maximum Gasteiger partial charge on any atom is 0.225 e. The summed E-state index contributed by atoms with van der Waals surface area (Å²) in [7, 11) is 1.79. The highest BCUT2D eigenvalue weighted by molar-refractivity contribution is 14.0. The molecule has 7 heteroatoms. The minimum absolute atomic E-state index is 0. The Labute approximate surface area is 162 Å². The topological polar surface area (TPSA) is 66.0 Å². The molecular weight excluding hydrogens is 419 g/mol. The van der Waals surface area contributed by atoms with Crippen molar-refractivity contribution in [2.45, 2.75) is 57.1 Å². The molecule has 2 unspecified atom stereocenters. The fraction of sp³-hybridized carbons (Fsp3) is 0.882. The minimum atomic E-state index is 0. The molecule has 1 saturated carbocycles. The van der Waals surface area contributed by atoms with E-state index in [1.54, 1.807) is 7.05 Å². The maximum absolute atomic E-state index is 12.5. The number of likely N-dealkylation sites (tertiary alicyclic amines) is 1. The number of carbonyl (C=O) groups excluding carboxylic acids is 1. The van der Waals surface area contributed by atoms with Gasteiger partial charge in [-0.15, -0.1) is 24.0 Å². The number of rotatable bonds is 4. The Bertz CT molecular complexity index is 434. The van der Waals surface area contributed by atoms with Crippen LogP contribution in [0.25, 0.3) is 0 Å². The lowest BCUT2D eigenvalue weighted by Crippen LogP contribution is -2.47. The van der Waals surface area contributed by atoms with Crippen LogP contribution in [0.5, 0.6) is 0 Å². The molecule has 138 valence electrons. The average Bonchev–Trinajstić information content (AvgIpc) is 3.33. The summed E-state index contributed by atoms with van der Waals surface area (Å²) in [5.41, 5.74) is 0. The van der Waals surface area contributed by atoms with Crippen molar-refractivity contribution in [2.24, 2.45) is 10.9 Å². The van der Waals surface area contributed by atoms with E-state index in [2.05, 4.69) is 15.6 Å². The van der Waals surface area contributed by atoms with Crippen LogP contribution < -0.4 is 10.6 Å². The van der Waals surface area contributed by atoms with Crippen molar-refractivity contribution in [1.82, 2.24) is 15.5 Å². The van der Waals surface area contributed by atoms with E-state index >= 15 is 0 Å². The zero-order valence-electron chi connectivity index (χ0n) is 14.6. The minimum Gasteiger partial charge on any atom is -0.376 e. The predicted molar refractivity (Wildman–Crippen MR) is 106 cm³/mol. The lowest BCUT2D eigenvalue weighted by molar-refractivity contribution is -0.134. The molecule has 24 heavy (non-hydrogen) atoms. The number of hydrogen-bond acceptors (Lipinski definition) is 3. The normalized spacial score (nSPS) is 28.0. The molecule has 6 nitrogen and oxygen atoms in total. The van der Waals surface area contributed by atoms with Crippen LogP contribution in [-0.2, 0) is 9.53 Å². The van der Waals surface area contributed by atoms with Crippen LogP contribution in [0.2, 0.25) is 0 Å². The van der Waals surface area contributed by atoms with Gasteiger partial charge < -0.3 is 20.3 Å². The van der Waals surface area contributed by atoms with Crippen LogP contribution >= 0.6 is 24.0 Å². The number of nitrogens with zero attached hydrogens (tertiary/aromatic N) is 2. The number of hydrogen-bond donors (Lipinski definition) is 2. The Hall–Kier alpha value is -0.570. The second-order valence-corrected chi connectivity index (χ2v) is 6.98. The van der Waals surface area contributed by atoms with Crippen molar-refractivity contribution in [2.75, 3.05) is 33.3 Å². The number of halogens is 1. The van der Waals surface area contributed by atoms with E-state index in [0.29, 0.717) is 18.1 Å². The lowest BCUT2D eigenvalue weighted by Gasteiger charge is -2.22. The molecular formula is C17H31IN4O2. The smallest absolute Gasteiger partial charge is 0.225 e. The molecule has 2 heterocycles. The molecule has 3 aliphatic rings. The van der Waals surface area contributed by atoms with Crippen molar-refractivity contribution in [3.8, 4) is 0 Å². The van der Waals surface area contributed by atoms with E-state index in [1.807, 2.05) is 4.90 Å². The van der Waals surface area contributed by atoms with E-state index < -0.39 is 0 Å². The first kappa shape index (κ1) is 19.8. The third-order valence-corrected chi connectivity index (χ3v) is 5.29. The van der Waals surface area contributed by atoms with Crippen LogP contribution in [0.1, 0.15) is 44.9 Å². The Morgan fingerprint density at radius 3 is 2.67 bits per heavy atom. The van der Waals surface area contributed by atoms with Crippen LogP contribution in [0, 0.1) is 5.92 Å². The van der Waals surface area contributed by atoms with E-state index in [1.165, 1.54) is 12.8 Å². The number of nitrogens with one attached hydrogen (secondary N) is 2. The van der Waals surface area contributed by atoms with Gasteiger partial charge in [-0.2, -0.15) is 0 Å². The first-order chi connectivity index (χ1) is 11.3. The van der Waals surface area contributed by atoms with Crippen LogP contribution in [0.4, 0.5) is 0 Å². The van der Waals surface area contributed by atoms with Gasteiger partial charge in [0.05, 0.1) is 6.10 Å². The van der Waals surface area contributed by atoms with Crippen molar-refractivity contribution in [1.29, 1.82) is 0 Å². The first-order valence-corrected chi connectivity index (χ1v) is 9.14. The summed E-state index contributed by atoms with van der Waals surface area (Å²) in [6.07, 6.45) is 8.17. The van der Waals surface area contributed by atoms with Gasteiger partial charge in [0, 0.05) is 45.2 Å². The third kappa shape index (κ3) is 5.21. The molecule has 2 saturated heterocycles. The monoisotopic (exact) mass is 450 g/mol. The summed E-state index contributed by atoms with van der Waals surface area (Å²) in [5, 5.41) is 6.80. The second-order valence-electron chi connectivity index (χ2n) is 6.98. The zero-order valence-corrected chi connectivity index (χ0v) is 17.0. The fourth-order valence-electron chi connectivity index (χ4n) is 3.91. The quantitative estimate of drug-likeness (QED) is 0.389. The molecule has 0 radical (unpaired) electrons. The lowest BCUT2D eigenvalue weighted by atomic mass is 10.1. The average molecular weight is 450 g/mol. The molecule has 0 aromatic rings. The van der Waals surface area contributed by atoms with E-state index in [0.717, 1.165) is 64.3 Å². The van der Waals surface area contributed by atoms with Gasteiger partial charge in [-0.1, -0.05) is 12.8 Å². The Kier molecular flexibility index (Phi) is 8.06. The molecule has 1 aliphatic carbocycles. The van der Waals surface area contributed by atoms with E-state index in [4.69, 9.17) is 4.74 Å². The van der Waals surface area contributed by atoms with Crippen molar-refractivity contribution in [3.05, 3.63) is 0 Å². The molecule has 3 rings (SSSR count). The summed E-state index contributed by atoms with van der Waals surface area (Å²) < 4.78 is 5.63. The summed E-state index contributed by atoms with van der Waals surface area (Å²) in [6, 6.07) is 0.302. The summed E-state index contributed by atoms with van der Waals surface area (Å²) in [6.45, 7) is 3.35. The highest BCUT2D eigenvalue weighted by Crippen LogP contribution is 2.27. The predicted octanol–water partition coefficient (Wildman–Crippen LogP) is 1.74. The second kappa shape index (κ2) is 9.79. The van der Waals surface area contributed by atoms with Gasteiger partial charge in [0.15, 0.2) is 5.96 Å². The largest absolute Gasteiger partial charge is 0.376 e. The molecule has 0 aromatic heterocycles. The standard InChI is InChI=1S/C17H30N4O2.HI/c1-18-17(19-11-15-7-4-10-23-15)20-14-8-9-21(12-14)16(22)13-5-2-3-6-13;/h13-15H,2-12H2,1H3,(H2,18,19,20);1H. The Balaban J connectivity index is 0.00000208. The fourth-order valence-corrected chi connectivity index (χ4v) is 3.91. The number of carbonyl (C=O) groups is 1. The highest BCUT2D eigenvalue weighted by atomic mass is 127. The van der Waals surface area contributed by atoms with Crippen LogP contribution in [0.3, 0.4) is 0 Å². The molecule has 0 aromatic carbocycles. The van der Waals surface area contributed by atoms with E-state index in [9.17, 15) is 4.79 Å². The van der Waals surface area contributed by atoms with E-state index in [-0.39, 0.29) is 29.9 Å². The molecule has 0 spiro atoms. The number of amides is 1. The van der Waals surface area contributed by atoms with Crippen LogP contribution in [-0.4, -0.2) is 62.2 Å². The number of aliphatic imine (C=N–C) groups is 1. The molecule has 1 amide bonds. The van der Waals surface area contributed by atoms with Gasteiger partial charge in [0.25, 0.3) is 0 Å². The molecule has 2 N–H and O–H groups in total. The van der Waals surface area contributed by atoms with Gasteiger partial charge in [-0.3, -0.25) is 9.79 Å². The Morgan fingerprint density at radius 1 is 1.21 bits per heavy atom. The molecule has 0 bridgehead atoms. The van der Waals surface area contributed by atoms with Gasteiger partial charge in [0.1, 0.15) is 0 Å². The third-order valence-electron chi connectivity index (χ3n) is 5.29. The molecule has 3 fully saturated rings. The SMILES string of the molecule is CN=C(NCC1CCCO1)NC1CCN(C(=O)C2CCCC2)C1.I. The zero-order chi connectivity index (χ0) is 16.1. The maximum atomic E-state index is 12.5. The van der Waals surface area contributed by atoms with Crippen molar-refractivity contribution in [3.63, 3.8) is 0 Å². The number of ether oxygens (including phenoxy) is 1. The van der Waals surface area contributed by atoms with Gasteiger partial charge in [-0.25, -0.2) is 0 Å². The molecule has 2 aliphatic heterocycles. The van der Waals surface area contributed by atoms with Gasteiger partial charge >= 0.3 is 0 Å². The first-order valence-electron chi connectivity index (χ1n) is 9.14. The summed E-state index contributed by atoms with van der Waals surface area (Å²) in [5.74, 6) is 1.47. The van der Waals surface area contributed by atoms with Crippen LogP contribution in [0.15, 0.2) is 4.99 Å². The van der Waals surface area contributed by atoms with Crippen molar-refractivity contribution < 1.29 is 9.53 Å². The van der Waals surface area contributed by atoms with Gasteiger partial charge in [0.2, 0.25) is 5.91 Å². The number of guanidine groups is 1. The molecule has 2 atom stereocenters.